The predicted molar refractivity (Wildman–Crippen MR) is 103 cm³/mol. The van der Waals surface area contributed by atoms with E-state index in [-0.39, 0.29) is 29.4 Å². The predicted octanol–water partition coefficient (Wildman–Crippen LogP) is 1.57. The number of rotatable bonds is 7. The Bertz CT molecular complexity index is 957. The molecule has 0 aliphatic carbocycles. The lowest BCUT2D eigenvalue weighted by atomic mass is 10.2. The van der Waals surface area contributed by atoms with Crippen molar-refractivity contribution < 1.29 is 23.9 Å². The van der Waals surface area contributed by atoms with E-state index in [2.05, 4.69) is 15.0 Å². The highest BCUT2D eigenvalue weighted by molar-refractivity contribution is 7.98. The van der Waals surface area contributed by atoms with Crippen LogP contribution in [0.25, 0.3) is 0 Å². The molecule has 28 heavy (non-hydrogen) atoms. The number of hydrogen-bond donors (Lipinski definition) is 1. The third-order valence-electron chi connectivity index (χ3n) is 3.56. The van der Waals surface area contributed by atoms with Gasteiger partial charge in [0, 0.05) is 5.69 Å². The van der Waals surface area contributed by atoms with Gasteiger partial charge in [0.25, 0.3) is 5.56 Å². The van der Waals surface area contributed by atoms with E-state index in [1.165, 1.54) is 13.2 Å². The van der Waals surface area contributed by atoms with Gasteiger partial charge in [-0.3, -0.25) is 14.2 Å². The molecular weight excluding hydrogens is 386 g/mol. The van der Waals surface area contributed by atoms with Gasteiger partial charge in [-0.25, -0.2) is 14.6 Å². The Morgan fingerprint density at radius 3 is 2.64 bits per heavy atom. The van der Waals surface area contributed by atoms with Crippen LogP contribution in [0, 0.1) is 0 Å². The highest BCUT2D eigenvalue weighted by Crippen LogP contribution is 2.13. The molecule has 1 N–H and O–H groups in total. The van der Waals surface area contributed by atoms with Gasteiger partial charge in [0.05, 0.1) is 25.5 Å². The molecule has 0 atom stereocenters. The molecule has 0 aliphatic rings. The minimum Gasteiger partial charge on any atom is -0.465 e. The summed E-state index contributed by atoms with van der Waals surface area (Å²) in [6.45, 7) is 1.37. The minimum absolute atomic E-state index is 0.111. The Hall–Kier alpha value is -3.14. The number of thioether (sulfide) groups is 1. The SMILES string of the molecule is CCOC(=O)c1cnc(SC)n(CC(=O)Nc2cccc(C(=O)OC)c2)c1=O. The van der Waals surface area contributed by atoms with Crippen molar-refractivity contribution in [2.24, 2.45) is 0 Å². The fourth-order valence-electron chi connectivity index (χ4n) is 2.31. The molecule has 2 rings (SSSR count). The number of amides is 1. The van der Waals surface area contributed by atoms with Gasteiger partial charge in [-0.05, 0) is 31.4 Å². The molecular formula is C18H19N3O6S. The summed E-state index contributed by atoms with van der Waals surface area (Å²) >= 11 is 1.16. The Kier molecular flexibility index (Phi) is 7.33. The Labute approximate surface area is 165 Å². The number of ether oxygens (including phenoxy) is 2. The number of nitrogens with one attached hydrogen (secondary N) is 1. The van der Waals surface area contributed by atoms with Crippen molar-refractivity contribution in [1.29, 1.82) is 0 Å². The topological polar surface area (TPSA) is 117 Å². The molecule has 0 fully saturated rings. The number of esters is 2. The molecule has 1 aromatic carbocycles. The third kappa shape index (κ3) is 4.97. The van der Waals surface area contributed by atoms with Crippen LogP contribution in [-0.4, -0.2) is 47.4 Å². The van der Waals surface area contributed by atoms with Crippen molar-refractivity contribution in [3.8, 4) is 0 Å². The second-order valence-corrected chi connectivity index (χ2v) is 6.16. The summed E-state index contributed by atoms with van der Waals surface area (Å²) in [7, 11) is 1.26. The summed E-state index contributed by atoms with van der Waals surface area (Å²) in [5.41, 5.74) is -0.286. The zero-order valence-electron chi connectivity index (χ0n) is 15.6. The summed E-state index contributed by atoms with van der Waals surface area (Å²) in [4.78, 5) is 52.6. The highest BCUT2D eigenvalue weighted by Gasteiger charge is 2.19. The molecule has 0 unspecified atom stereocenters. The maximum atomic E-state index is 12.6. The van der Waals surface area contributed by atoms with Crippen LogP contribution in [0.1, 0.15) is 27.6 Å². The average molecular weight is 405 g/mol. The number of aromatic nitrogens is 2. The largest absolute Gasteiger partial charge is 0.465 e. The summed E-state index contributed by atoms with van der Waals surface area (Å²) in [5, 5.41) is 2.88. The molecule has 0 spiro atoms. The van der Waals surface area contributed by atoms with E-state index in [1.807, 2.05) is 0 Å². The Morgan fingerprint density at radius 1 is 1.25 bits per heavy atom. The van der Waals surface area contributed by atoms with Gasteiger partial charge < -0.3 is 14.8 Å². The summed E-state index contributed by atoms with van der Waals surface area (Å²) in [6, 6.07) is 6.18. The van der Waals surface area contributed by atoms with Crippen LogP contribution in [0.2, 0.25) is 0 Å². The quantitative estimate of drug-likeness (QED) is 0.419. The molecule has 0 aliphatic heterocycles. The van der Waals surface area contributed by atoms with Gasteiger partial charge in [-0.1, -0.05) is 17.8 Å². The van der Waals surface area contributed by atoms with Gasteiger partial charge in [0.1, 0.15) is 12.1 Å². The monoisotopic (exact) mass is 405 g/mol. The van der Waals surface area contributed by atoms with Gasteiger partial charge in [0.2, 0.25) is 5.91 Å². The van der Waals surface area contributed by atoms with Crippen LogP contribution in [0.15, 0.2) is 40.4 Å². The lowest BCUT2D eigenvalue weighted by Crippen LogP contribution is -2.33. The standard InChI is InChI=1S/C18H19N3O6S/c1-4-27-17(25)13-9-19-18(28-3)21(15(13)23)10-14(22)20-12-7-5-6-11(8-12)16(24)26-2/h5-9H,4,10H2,1-3H3,(H,20,22). The molecule has 10 heteroatoms. The van der Waals surface area contributed by atoms with E-state index in [0.29, 0.717) is 5.69 Å². The van der Waals surface area contributed by atoms with Gasteiger partial charge >= 0.3 is 11.9 Å². The van der Waals surface area contributed by atoms with Crippen molar-refractivity contribution in [2.75, 3.05) is 25.3 Å². The molecule has 0 radical (unpaired) electrons. The molecule has 1 amide bonds. The van der Waals surface area contributed by atoms with Crippen molar-refractivity contribution in [2.45, 2.75) is 18.6 Å². The lowest BCUT2D eigenvalue weighted by Gasteiger charge is -2.12. The van der Waals surface area contributed by atoms with Crippen LogP contribution >= 0.6 is 11.8 Å². The number of carbonyl (C=O) groups is 3. The van der Waals surface area contributed by atoms with Crippen molar-refractivity contribution in [3.05, 3.63) is 51.9 Å². The van der Waals surface area contributed by atoms with Gasteiger partial charge in [-0.2, -0.15) is 0 Å². The summed E-state index contributed by atoms with van der Waals surface area (Å²) in [6.07, 6.45) is 2.83. The minimum atomic E-state index is -0.799. The average Bonchev–Trinajstić information content (AvgIpc) is 2.69. The van der Waals surface area contributed by atoms with Crippen molar-refractivity contribution >= 4 is 35.3 Å². The molecule has 2 aromatic rings. The number of hydrogen-bond acceptors (Lipinski definition) is 8. The van der Waals surface area contributed by atoms with Crippen molar-refractivity contribution in [1.82, 2.24) is 9.55 Å². The third-order valence-corrected chi connectivity index (χ3v) is 4.25. The fourth-order valence-corrected chi connectivity index (χ4v) is 2.84. The lowest BCUT2D eigenvalue weighted by molar-refractivity contribution is -0.116. The molecule has 1 aromatic heterocycles. The number of carbonyl (C=O) groups excluding carboxylic acids is 3. The highest BCUT2D eigenvalue weighted by atomic mass is 32.2. The Balaban J connectivity index is 2.26. The van der Waals surface area contributed by atoms with Gasteiger partial charge in [-0.15, -0.1) is 0 Å². The van der Waals surface area contributed by atoms with Crippen LogP contribution in [-0.2, 0) is 20.8 Å². The molecule has 0 saturated heterocycles. The first kappa shape index (κ1) is 21.2. The van der Waals surface area contributed by atoms with E-state index in [1.54, 1.807) is 31.4 Å². The zero-order chi connectivity index (χ0) is 20.7. The molecule has 0 bridgehead atoms. The maximum Gasteiger partial charge on any atom is 0.345 e. The summed E-state index contributed by atoms with van der Waals surface area (Å²) in [5.74, 6) is -1.86. The van der Waals surface area contributed by atoms with Crippen molar-refractivity contribution in [3.63, 3.8) is 0 Å². The smallest absolute Gasteiger partial charge is 0.345 e. The first-order chi connectivity index (χ1) is 13.4. The van der Waals surface area contributed by atoms with Crippen LogP contribution < -0.4 is 10.9 Å². The number of nitrogens with zero attached hydrogens (tertiary/aromatic N) is 2. The molecule has 9 nitrogen and oxygen atoms in total. The van der Waals surface area contributed by atoms with Crippen LogP contribution in [0.3, 0.4) is 0 Å². The molecule has 148 valence electrons. The number of anilines is 1. The van der Waals surface area contributed by atoms with E-state index in [0.717, 1.165) is 22.5 Å². The number of methoxy groups -OCH3 is 1. The normalized spacial score (nSPS) is 10.2. The van der Waals surface area contributed by atoms with E-state index >= 15 is 0 Å². The summed E-state index contributed by atoms with van der Waals surface area (Å²) < 4.78 is 10.6. The fraction of sp³-hybridized carbons (Fsp3) is 0.278. The van der Waals surface area contributed by atoms with E-state index in [4.69, 9.17) is 4.74 Å². The second-order valence-electron chi connectivity index (χ2n) is 5.39. The van der Waals surface area contributed by atoms with Crippen LogP contribution in [0.4, 0.5) is 5.69 Å². The molecule has 0 saturated carbocycles. The van der Waals surface area contributed by atoms with E-state index < -0.39 is 23.4 Å². The second kappa shape index (κ2) is 9.70. The van der Waals surface area contributed by atoms with Crippen LogP contribution in [0.5, 0.6) is 0 Å². The molecule has 1 heterocycles. The maximum absolute atomic E-state index is 12.6. The van der Waals surface area contributed by atoms with Gasteiger partial charge in [0.15, 0.2) is 5.16 Å². The Morgan fingerprint density at radius 2 is 2.00 bits per heavy atom. The first-order valence-electron chi connectivity index (χ1n) is 8.20. The zero-order valence-corrected chi connectivity index (χ0v) is 16.4. The first-order valence-corrected chi connectivity index (χ1v) is 9.42. The van der Waals surface area contributed by atoms with E-state index in [9.17, 15) is 19.2 Å². The number of benzene rings is 1.